The van der Waals surface area contributed by atoms with Crippen molar-refractivity contribution in [3.8, 4) is 0 Å². The lowest BCUT2D eigenvalue weighted by Crippen LogP contribution is -2.23. The van der Waals surface area contributed by atoms with Crippen molar-refractivity contribution in [1.82, 2.24) is 5.32 Å². The van der Waals surface area contributed by atoms with Gasteiger partial charge in [-0.3, -0.25) is 0 Å². The van der Waals surface area contributed by atoms with Gasteiger partial charge in [0.15, 0.2) is 0 Å². The second kappa shape index (κ2) is 6.71. The molecule has 0 amide bonds. The van der Waals surface area contributed by atoms with E-state index in [2.05, 4.69) is 5.32 Å². The summed E-state index contributed by atoms with van der Waals surface area (Å²) < 4.78 is 0. The molecule has 0 saturated heterocycles. The summed E-state index contributed by atoms with van der Waals surface area (Å²) in [6, 6.07) is 15.9. The molecule has 0 bridgehead atoms. The van der Waals surface area contributed by atoms with Gasteiger partial charge in [-0.15, -0.1) is 0 Å². The largest absolute Gasteiger partial charge is 0.394 e. The van der Waals surface area contributed by atoms with Gasteiger partial charge in [-0.25, -0.2) is 0 Å². The zero-order valence-electron chi connectivity index (χ0n) is 10.9. The zero-order valence-corrected chi connectivity index (χ0v) is 11.7. The third-order valence-electron chi connectivity index (χ3n) is 3.17. The van der Waals surface area contributed by atoms with Crippen molar-refractivity contribution < 1.29 is 5.11 Å². The van der Waals surface area contributed by atoms with Crippen LogP contribution in [-0.2, 0) is 6.54 Å². The van der Waals surface area contributed by atoms with Crippen LogP contribution in [0.4, 0.5) is 0 Å². The molecule has 0 aliphatic rings. The number of halogens is 1. The minimum Gasteiger partial charge on any atom is -0.394 e. The highest BCUT2D eigenvalue weighted by atomic mass is 35.5. The highest BCUT2D eigenvalue weighted by molar-refractivity contribution is 6.31. The van der Waals surface area contributed by atoms with E-state index in [0.717, 1.165) is 21.7 Å². The second-order valence-corrected chi connectivity index (χ2v) is 5.02. The molecule has 0 aliphatic heterocycles. The average Bonchev–Trinajstić information content (AvgIpc) is 2.44. The Morgan fingerprint density at radius 1 is 1.16 bits per heavy atom. The minimum atomic E-state index is -0.0544. The van der Waals surface area contributed by atoms with Crippen LogP contribution in [0.15, 0.2) is 48.5 Å². The van der Waals surface area contributed by atoms with Gasteiger partial charge in [-0.1, -0.05) is 54.1 Å². The van der Waals surface area contributed by atoms with E-state index in [-0.39, 0.29) is 12.6 Å². The number of aliphatic hydroxyl groups is 1. The van der Waals surface area contributed by atoms with Crippen LogP contribution in [0.25, 0.3) is 0 Å². The Hall–Kier alpha value is -1.35. The van der Waals surface area contributed by atoms with Crippen molar-refractivity contribution >= 4 is 11.6 Å². The van der Waals surface area contributed by atoms with E-state index in [1.54, 1.807) is 0 Å². The van der Waals surface area contributed by atoms with E-state index in [1.165, 1.54) is 0 Å². The SMILES string of the molecule is Cc1ccc(CNC(CO)c2ccccc2)cc1Cl. The van der Waals surface area contributed by atoms with Crippen LogP contribution in [0.2, 0.25) is 5.02 Å². The fourth-order valence-corrected chi connectivity index (χ4v) is 2.16. The molecule has 2 aromatic carbocycles. The normalized spacial score (nSPS) is 12.4. The van der Waals surface area contributed by atoms with E-state index >= 15 is 0 Å². The smallest absolute Gasteiger partial charge is 0.0626 e. The topological polar surface area (TPSA) is 32.3 Å². The van der Waals surface area contributed by atoms with Gasteiger partial charge in [0.2, 0.25) is 0 Å². The summed E-state index contributed by atoms with van der Waals surface area (Å²) in [6.07, 6.45) is 0. The summed E-state index contributed by atoms with van der Waals surface area (Å²) >= 11 is 6.10. The second-order valence-electron chi connectivity index (χ2n) is 4.61. The van der Waals surface area contributed by atoms with Crippen molar-refractivity contribution in [2.24, 2.45) is 0 Å². The lowest BCUT2D eigenvalue weighted by Gasteiger charge is -2.17. The predicted molar refractivity (Wildman–Crippen MR) is 79.3 cm³/mol. The monoisotopic (exact) mass is 275 g/mol. The van der Waals surface area contributed by atoms with Gasteiger partial charge in [0.05, 0.1) is 12.6 Å². The molecule has 2 nitrogen and oxygen atoms in total. The molecule has 100 valence electrons. The molecule has 0 radical (unpaired) electrons. The van der Waals surface area contributed by atoms with Crippen molar-refractivity contribution in [2.45, 2.75) is 19.5 Å². The molecule has 1 atom stereocenters. The lowest BCUT2D eigenvalue weighted by atomic mass is 10.1. The van der Waals surface area contributed by atoms with Gasteiger partial charge in [0, 0.05) is 11.6 Å². The van der Waals surface area contributed by atoms with Gasteiger partial charge >= 0.3 is 0 Å². The van der Waals surface area contributed by atoms with Gasteiger partial charge in [0.1, 0.15) is 0 Å². The maximum atomic E-state index is 9.47. The van der Waals surface area contributed by atoms with Crippen molar-refractivity contribution in [3.05, 3.63) is 70.2 Å². The maximum absolute atomic E-state index is 9.47. The molecule has 0 aliphatic carbocycles. The van der Waals surface area contributed by atoms with Crippen LogP contribution in [0, 0.1) is 6.92 Å². The molecule has 19 heavy (non-hydrogen) atoms. The molecule has 1 unspecified atom stereocenters. The average molecular weight is 276 g/mol. The first kappa shape index (κ1) is 14.1. The highest BCUT2D eigenvalue weighted by Gasteiger charge is 2.09. The summed E-state index contributed by atoms with van der Waals surface area (Å²) in [5.74, 6) is 0. The molecule has 0 aromatic heterocycles. The number of rotatable bonds is 5. The Labute approximate surface area is 119 Å². The highest BCUT2D eigenvalue weighted by Crippen LogP contribution is 2.18. The van der Waals surface area contributed by atoms with Crippen LogP contribution < -0.4 is 5.32 Å². The number of nitrogens with one attached hydrogen (secondary N) is 1. The van der Waals surface area contributed by atoms with E-state index in [4.69, 9.17) is 11.6 Å². The number of hydrogen-bond donors (Lipinski definition) is 2. The van der Waals surface area contributed by atoms with Crippen molar-refractivity contribution in [2.75, 3.05) is 6.61 Å². The minimum absolute atomic E-state index is 0.0544. The molecule has 2 rings (SSSR count). The first-order valence-electron chi connectivity index (χ1n) is 6.35. The van der Waals surface area contributed by atoms with Crippen LogP contribution in [0.5, 0.6) is 0 Å². The number of hydrogen-bond acceptors (Lipinski definition) is 2. The van der Waals surface area contributed by atoms with Gasteiger partial charge in [-0.2, -0.15) is 0 Å². The molecule has 0 heterocycles. The third kappa shape index (κ3) is 3.80. The standard InChI is InChI=1S/C16H18ClNO/c1-12-7-8-13(9-15(12)17)10-18-16(11-19)14-5-3-2-4-6-14/h2-9,16,18-19H,10-11H2,1H3. The van der Waals surface area contributed by atoms with Crippen LogP contribution in [0.1, 0.15) is 22.7 Å². The fourth-order valence-electron chi connectivity index (χ4n) is 1.96. The van der Waals surface area contributed by atoms with Crippen LogP contribution in [-0.4, -0.2) is 11.7 Å². The molecule has 0 fully saturated rings. The molecular formula is C16H18ClNO. The van der Waals surface area contributed by atoms with Gasteiger partial charge in [-0.05, 0) is 29.7 Å². The van der Waals surface area contributed by atoms with E-state index in [1.807, 2.05) is 55.5 Å². The Balaban J connectivity index is 2.02. The molecule has 3 heteroatoms. The predicted octanol–water partition coefficient (Wildman–Crippen LogP) is 3.47. The van der Waals surface area contributed by atoms with Crippen LogP contribution >= 0.6 is 11.6 Å². The molecule has 2 N–H and O–H groups in total. The Morgan fingerprint density at radius 2 is 1.89 bits per heavy atom. The zero-order chi connectivity index (χ0) is 13.7. The molecule has 0 spiro atoms. The quantitative estimate of drug-likeness (QED) is 0.876. The number of aliphatic hydroxyl groups excluding tert-OH is 1. The van der Waals surface area contributed by atoms with E-state index in [0.29, 0.717) is 6.54 Å². The summed E-state index contributed by atoms with van der Waals surface area (Å²) in [5.41, 5.74) is 3.28. The van der Waals surface area contributed by atoms with Gasteiger partial charge < -0.3 is 10.4 Å². The Kier molecular flexibility index (Phi) is 4.97. The summed E-state index contributed by atoms with van der Waals surface area (Å²) in [7, 11) is 0. The Bertz CT molecular complexity index is 528. The number of aryl methyl sites for hydroxylation is 1. The van der Waals surface area contributed by atoms with E-state index < -0.39 is 0 Å². The van der Waals surface area contributed by atoms with E-state index in [9.17, 15) is 5.11 Å². The van der Waals surface area contributed by atoms with Crippen LogP contribution in [0.3, 0.4) is 0 Å². The third-order valence-corrected chi connectivity index (χ3v) is 3.58. The summed E-state index contributed by atoms with van der Waals surface area (Å²) in [5, 5.41) is 13.6. The van der Waals surface area contributed by atoms with Crippen molar-refractivity contribution in [3.63, 3.8) is 0 Å². The van der Waals surface area contributed by atoms with Gasteiger partial charge in [0.25, 0.3) is 0 Å². The maximum Gasteiger partial charge on any atom is 0.0626 e. The first-order chi connectivity index (χ1) is 9.20. The lowest BCUT2D eigenvalue weighted by molar-refractivity contribution is 0.243. The first-order valence-corrected chi connectivity index (χ1v) is 6.72. The molecular weight excluding hydrogens is 258 g/mol. The molecule has 0 saturated carbocycles. The summed E-state index contributed by atoms with van der Waals surface area (Å²) in [4.78, 5) is 0. The summed E-state index contributed by atoms with van der Waals surface area (Å²) in [6.45, 7) is 2.74. The Morgan fingerprint density at radius 3 is 2.53 bits per heavy atom. The fraction of sp³-hybridized carbons (Fsp3) is 0.250. The van der Waals surface area contributed by atoms with Crippen molar-refractivity contribution in [1.29, 1.82) is 0 Å². The number of benzene rings is 2. The molecule has 2 aromatic rings.